The number of Topliss-reactive ketones (excluding diaryl/α,β-unsaturated/α-hetero) is 1. The highest BCUT2D eigenvalue weighted by Gasteiger charge is 2.62. The van der Waals surface area contributed by atoms with Crippen LogP contribution in [0.1, 0.15) is 36.3 Å². The average Bonchev–Trinajstić information content (AvgIpc) is 2.94. The molecular weight excluding hydrogens is 356 g/mol. The molecule has 2 fully saturated rings. The predicted molar refractivity (Wildman–Crippen MR) is 102 cm³/mol. The number of hydrogen-bond donors (Lipinski definition) is 1. The van der Waals surface area contributed by atoms with Crippen molar-refractivity contribution in [1.82, 2.24) is 0 Å². The SMILES string of the molecule is CC(=O)Nc1ccc(N2C(=O)[C@@H]3[C@@H](C2=O)[C@H]2C(=O)C[C@H]3c3ccccc32)cc1. The molecule has 0 unspecified atom stereocenters. The summed E-state index contributed by atoms with van der Waals surface area (Å²) in [5, 5.41) is 2.66. The first kappa shape index (κ1) is 16.9. The first-order valence-corrected chi connectivity index (χ1v) is 9.34. The van der Waals surface area contributed by atoms with Crippen LogP contribution in [-0.4, -0.2) is 23.5 Å². The van der Waals surface area contributed by atoms with Crippen LogP contribution in [0.2, 0.25) is 0 Å². The first-order valence-electron chi connectivity index (χ1n) is 9.34. The summed E-state index contributed by atoms with van der Waals surface area (Å²) in [5.74, 6) is -2.57. The number of nitrogens with one attached hydrogen (secondary N) is 1. The van der Waals surface area contributed by atoms with Gasteiger partial charge in [-0.3, -0.25) is 24.1 Å². The molecule has 1 N–H and O–H groups in total. The summed E-state index contributed by atoms with van der Waals surface area (Å²) in [6.45, 7) is 1.41. The molecule has 0 aromatic heterocycles. The van der Waals surface area contributed by atoms with E-state index in [4.69, 9.17) is 0 Å². The third kappa shape index (κ3) is 2.21. The van der Waals surface area contributed by atoms with Gasteiger partial charge in [0.1, 0.15) is 5.78 Å². The smallest absolute Gasteiger partial charge is 0.238 e. The van der Waals surface area contributed by atoms with Gasteiger partial charge >= 0.3 is 0 Å². The summed E-state index contributed by atoms with van der Waals surface area (Å²) in [6, 6.07) is 14.3. The molecule has 1 saturated heterocycles. The number of carbonyl (C=O) groups excluding carboxylic acids is 4. The summed E-state index contributed by atoms with van der Waals surface area (Å²) in [6.07, 6.45) is 0.317. The topological polar surface area (TPSA) is 83.6 Å². The molecule has 1 heterocycles. The minimum atomic E-state index is -0.622. The second kappa shape index (κ2) is 5.86. The van der Waals surface area contributed by atoms with E-state index in [0.717, 1.165) is 11.1 Å². The molecule has 1 saturated carbocycles. The van der Waals surface area contributed by atoms with Crippen molar-refractivity contribution < 1.29 is 19.2 Å². The molecule has 6 rings (SSSR count). The number of imide groups is 1. The molecule has 2 aromatic rings. The van der Waals surface area contributed by atoms with Gasteiger partial charge in [0.05, 0.1) is 23.4 Å². The van der Waals surface area contributed by atoms with Crippen LogP contribution in [0.4, 0.5) is 11.4 Å². The fourth-order valence-corrected chi connectivity index (χ4v) is 5.11. The Bertz CT molecular complexity index is 1040. The number of ketones is 1. The lowest BCUT2D eigenvalue weighted by Gasteiger charge is -2.43. The second-order valence-electron chi connectivity index (χ2n) is 7.68. The van der Waals surface area contributed by atoms with Gasteiger partial charge in [-0.05, 0) is 35.4 Å². The summed E-state index contributed by atoms with van der Waals surface area (Å²) in [7, 11) is 0. The highest BCUT2D eigenvalue weighted by Crippen LogP contribution is 2.57. The average molecular weight is 374 g/mol. The second-order valence-corrected chi connectivity index (χ2v) is 7.68. The summed E-state index contributed by atoms with van der Waals surface area (Å²) < 4.78 is 0. The molecule has 2 bridgehead atoms. The van der Waals surface area contributed by atoms with Crippen LogP contribution in [0.25, 0.3) is 0 Å². The van der Waals surface area contributed by atoms with Crippen LogP contribution < -0.4 is 10.2 Å². The number of benzene rings is 2. The molecule has 0 radical (unpaired) electrons. The van der Waals surface area contributed by atoms with Gasteiger partial charge < -0.3 is 5.32 Å². The van der Waals surface area contributed by atoms with E-state index in [1.807, 2.05) is 24.3 Å². The number of carbonyl (C=O) groups is 4. The standard InChI is InChI=1S/C22H18N2O4/c1-11(25)23-12-6-8-13(9-7-12)24-21(27)19-16-10-17(26)18(20(19)22(24)28)15-5-3-2-4-14(15)16/h2-9,16,18-20H,10H2,1H3,(H,23,25)/t16-,18+,19-,20-/m0/s1. The normalized spacial score (nSPS) is 27.6. The molecule has 3 amide bonds. The van der Waals surface area contributed by atoms with Crippen molar-refractivity contribution in [2.75, 3.05) is 10.2 Å². The van der Waals surface area contributed by atoms with Gasteiger partial charge in [-0.2, -0.15) is 0 Å². The Balaban J connectivity index is 1.54. The van der Waals surface area contributed by atoms with Gasteiger partial charge in [0.25, 0.3) is 0 Å². The lowest BCUT2D eigenvalue weighted by molar-refractivity contribution is -0.134. The van der Waals surface area contributed by atoms with E-state index in [2.05, 4.69) is 5.32 Å². The molecule has 3 aliphatic carbocycles. The zero-order chi connectivity index (χ0) is 19.6. The molecule has 6 heteroatoms. The van der Waals surface area contributed by atoms with Gasteiger partial charge in [-0.15, -0.1) is 0 Å². The van der Waals surface area contributed by atoms with Crippen molar-refractivity contribution >= 4 is 34.9 Å². The zero-order valence-corrected chi connectivity index (χ0v) is 15.2. The Labute approximate surface area is 161 Å². The van der Waals surface area contributed by atoms with E-state index in [1.54, 1.807) is 24.3 Å². The largest absolute Gasteiger partial charge is 0.326 e. The van der Waals surface area contributed by atoms with Crippen LogP contribution >= 0.6 is 0 Å². The van der Waals surface area contributed by atoms with Crippen molar-refractivity contribution in [3.8, 4) is 0 Å². The van der Waals surface area contributed by atoms with Crippen molar-refractivity contribution in [1.29, 1.82) is 0 Å². The summed E-state index contributed by atoms with van der Waals surface area (Å²) in [5.41, 5.74) is 2.98. The maximum atomic E-state index is 13.2. The minimum absolute atomic E-state index is 0.0500. The zero-order valence-electron chi connectivity index (χ0n) is 15.2. The maximum absolute atomic E-state index is 13.2. The van der Waals surface area contributed by atoms with Gasteiger partial charge in [0.15, 0.2) is 0 Å². The monoisotopic (exact) mass is 374 g/mol. The first-order chi connectivity index (χ1) is 13.5. The summed E-state index contributed by atoms with van der Waals surface area (Å²) >= 11 is 0. The number of hydrogen-bond acceptors (Lipinski definition) is 4. The highest BCUT2D eigenvalue weighted by molar-refractivity contribution is 6.24. The Morgan fingerprint density at radius 1 is 0.929 bits per heavy atom. The van der Waals surface area contributed by atoms with Crippen LogP contribution in [-0.2, 0) is 19.2 Å². The Kier molecular flexibility index (Phi) is 3.53. The van der Waals surface area contributed by atoms with Crippen molar-refractivity contribution in [3.63, 3.8) is 0 Å². The van der Waals surface area contributed by atoms with E-state index in [-0.39, 0.29) is 29.4 Å². The molecule has 6 nitrogen and oxygen atoms in total. The van der Waals surface area contributed by atoms with E-state index in [1.165, 1.54) is 11.8 Å². The highest BCUT2D eigenvalue weighted by atomic mass is 16.2. The molecule has 2 aromatic carbocycles. The van der Waals surface area contributed by atoms with Gasteiger partial charge in [-0.25, -0.2) is 0 Å². The number of fused-ring (bicyclic) bond motifs is 1. The Hall–Kier alpha value is -3.28. The van der Waals surface area contributed by atoms with Crippen molar-refractivity contribution in [2.45, 2.75) is 25.2 Å². The number of rotatable bonds is 2. The number of nitrogens with zero attached hydrogens (tertiary/aromatic N) is 1. The van der Waals surface area contributed by atoms with Crippen LogP contribution in [0, 0.1) is 11.8 Å². The van der Waals surface area contributed by atoms with Crippen LogP contribution in [0.5, 0.6) is 0 Å². The quantitative estimate of drug-likeness (QED) is 0.819. The van der Waals surface area contributed by atoms with E-state index in [9.17, 15) is 19.2 Å². The maximum Gasteiger partial charge on any atom is 0.238 e. The van der Waals surface area contributed by atoms with E-state index in [0.29, 0.717) is 17.8 Å². The van der Waals surface area contributed by atoms with Gasteiger partial charge in [0, 0.05) is 24.9 Å². The van der Waals surface area contributed by atoms with Crippen LogP contribution in [0.3, 0.4) is 0 Å². The molecule has 140 valence electrons. The van der Waals surface area contributed by atoms with Gasteiger partial charge in [-0.1, -0.05) is 24.3 Å². The molecule has 28 heavy (non-hydrogen) atoms. The van der Waals surface area contributed by atoms with E-state index < -0.39 is 17.8 Å². The molecule has 4 aliphatic rings. The third-order valence-corrected chi connectivity index (χ3v) is 6.13. The van der Waals surface area contributed by atoms with Crippen LogP contribution in [0.15, 0.2) is 48.5 Å². The number of anilines is 2. The fourth-order valence-electron chi connectivity index (χ4n) is 5.11. The lowest BCUT2D eigenvalue weighted by atomic mass is 9.56. The number of amides is 3. The Morgan fingerprint density at radius 3 is 2.25 bits per heavy atom. The molecule has 1 aliphatic heterocycles. The third-order valence-electron chi connectivity index (χ3n) is 6.13. The lowest BCUT2D eigenvalue weighted by Crippen LogP contribution is -2.44. The van der Waals surface area contributed by atoms with Crippen molar-refractivity contribution in [3.05, 3.63) is 59.7 Å². The minimum Gasteiger partial charge on any atom is -0.326 e. The summed E-state index contributed by atoms with van der Waals surface area (Å²) in [4.78, 5) is 51.6. The predicted octanol–water partition coefficient (Wildman–Crippen LogP) is 2.60. The van der Waals surface area contributed by atoms with Crippen molar-refractivity contribution in [2.24, 2.45) is 11.8 Å². The fraction of sp³-hybridized carbons (Fsp3) is 0.273. The Morgan fingerprint density at radius 2 is 1.57 bits per heavy atom. The van der Waals surface area contributed by atoms with Gasteiger partial charge in [0.2, 0.25) is 17.7 Å². The molecule has 4 atom stereocenters. The molecule has 0 spiro atoms. The van der Waals surface area contributed by atoms with E-state index >= 15 is 0 Å². The molecular formula is C22H18N2O4.